The molecule has 0 aromatic rings. The molecule has 94 valence electrons. The zero-order valence-corrected chi connectivity index (χ0v) is 11.3. The maximum absolute atomic E-state index is 11.9. The first-order valence-corrected chi connectivity index (χ1v) is 8.05. The number of hydrogen-bond acceptors (Lipinski definition) is 5. The zero-order valence-electron chi connectivity index (χ0n) is 9.63. The van der Waals surface area contributed by atoms with Gasteiger partial charge in [0.25, 0.3) is 5.91 Å². The first kappa shape index (κ1) is 13.8. The molecule has 0 radical (unpaired) electrons. The Morgan fingerprint density at radius 1 is 1.50 bits per heavy atom. The van der Waals surface area contributed by atoms with Gasteiger partial charge in [-0.3, -0.25) is 4.79 Å². The molecule has 1 rings (SSSR count). The predicted octanol–water partition coefficient (Wildman–Crippen LogP) is -0.297. The van der Waals surface area contributed by atoms with Crippen LogP contribution in [-0.4, -0.2) is 59.6 Å². The fourth-order valence-corrected chi connectivity index (χ4v) is 4.33. The highest BCUT2D eigenvalue weighted by atomic mass is 32.2. The van der Waals surface area contributed by atoms with E-state index in [2.05, 4.69) is 0 Å². The number of thioether (sulfide) groups is 1. The topological polar surface area (TPSA) is 74.7 Å². The molecule has 1 aliphatic rings. The fourth-order valence-electron chi connectivity index (χ4n) is 1.52. The van der Waals surface area contributed by atoms with Crippen LogP contribution in [0.1, 0.15) is 13.8 Å². The molecule has 1 N–H and O–H groups in total. The second kappa shape index (κ2) is 4.54. The van der Waals surface area contributed by atoms with Gasteiger partial charge in [-0.25, -0.2) is 8.42 Å². The van der Waals surface area contributed by atoms with E-state index in [1.165, 1.54) is 30.5 Å². The van der Waals surface area contributed by atoms with Crippen LogP contribution in [0.4, 0.5) is 0 Å². The van der Waals surface area contributed by atoms with E-state index >= 15 is 0 Å². The van der Waals surface area contributed by atoms with Crippen LogP contribution >= 0.6 is 11.8 Å². The lowest BCUT2D eigenvalue weighted by molar-refractivity contribution is -0.148. The molecule has 0 saturated carbocycles. The monoisotopic (exact) mass is 267 g/mol. The summed E-state index contributed by atoms with van der Waals surface area (Å²) in [5.74, 6) is 0.553. The van der Waals surface area contributed by atoms with E-state index in [4.69, 9.17) is 0 Å². The summed E-state index contributed by atoms with van der Waals surface area (Å²) in [7, 11) is -3.31. The van der Waals surface area contributed by atoms with Crippen molar-refractivity contribution in [2.75, 3.05) is 24.3 Å². The Labute approximate surface area is 100 Å². The summed E-state index contributed by atoms with van der Waals surface area (Å²) in [5, 5.41) is 8.81. The van der Waals surface area contributed by atoms with E-state index < -0.39 is 26.7 Å². The average Bonchev–Trinajstić information content (AvgIpc) is 2.14. The van der Waals surface area contributed by atoms with Gasteiger partial charge in [0, 0.05) is 24.3 Å². The molecule has 1 atom stereocenters. The Morgan fingerprint density at radius 3 is 2.50 bits per heavy atom. The molecule has 1 aliphatic heterocycles. The van der Waals surface area contributed by atoms with Crippen LogP contribution in [0.25, 0.3) is 0 Å². The number of carbonyl (C=O) groups excluding carboxylic acids is 1. The summed E-state index contributed by atoms with van der Waals surface area (Å²) in [4.78, 5) is 13.1. The van der Waals surface area contributed by atoms with Crippen LogP contribution < -0.4 is 0 Å². The molecule has 0 aliphatic carbocycles. The van der Waals surface area contributed by atoms with Gasteiger partial charge in [-0.2, -0.15) is 11.8 Å². The van der Waals surface area contributed by atoms with E-state index in [0.29, 0.717) is 18.1 Å². The largest absolute Gasteiger partial charge is 0.381 e. The van der Waals surface area contributed by atoms with Crippen molar-refractivity contribution in [2.24, 2.45) is 0 Å². The number of hydrogen-bond donors (Lipinski definition) is 1. The number of carbonyl (C=O) groups is 1. The van der Waals surface area contributed by atoms with Crippen LogP contribution in [0.5, 0.6) is 0 Å². The summed E-state index contributed by atoms with van der Waals surface area (Å²) in [6.07, 6.45) is 1.12. The third-order valence-corrected chi connectivity index (χ3v) is 5.01. The number of sulfone groups is 1. The maximum atomic E-state index is 11.9. The Bertz CT molecular complexity index is 371. The highest BCUT2D eigenvalue weighted by Gasteiger charge is 2.39. The number of aliphatic hydroxyl groups is 1. The van der Waals surface area contributed by atoms with Crippen molar-refractivity contribution in [2.45, 2.75) is 24.8 Å². The minimum Gasteiger partial charge on any atom is -0.381 e. The predicted molar refractivity (Wildman–Crippen MR) is 64.0 cm³/mol. The summed E-state index contributed by atoms with van der Waals surface area (Å²) >= 11 is 1.51. The quantitative estimate of drug-likeness (QED) is 0.744. The maximum Gasteiger partial charge on any atom is 0.255 e. The van der Waals surface area contributed by atoms with Crippen molar-refractivity contribution in [1.29, 1.82) is 0 Å². The van der Waals surface area contributed by atoms with Crippen LogP contribution in [0.2, 0.25) is 0 Å². The molecular formula is C9H17NO4S2. The van der Waals surface area contributed by atoms with Crippen molar-refractivity contribution < 1.29 is 18.3 Å². The summed E-state index contributed by atoms with van der Waals surface area (Å²) in [6.45, 7) is 3.11. The Morgan fingerprint density at radius 2 is 2.06 bits per heavy atom. The van der Waals surface area contributed by atoms with E-state index in [1.54, 1.807) is 0 Å². The number of amides is 1. The third-order valence-electron chi connectivity index (χ3n) is 2.36. The van der Waals surface area contributed by atoms with E-state index in [1.807, 2.05) is 0 Å². The lowest BCUT2D eigenvalue weighted by Crippen LogP contribution is -2.55. The van der Waals surface area contributed by atoms with E-state index in [9.17, 15) is 18.3 Å². The average molecular weight is 267 g/mol. The SMILES string of the molecule is CC(C)(O)C(=O)N1CCSCC1S(C)(=O)=O. The molecule has 1 heterocycles. The van der Waals surface area contributed by atoms with Gasteiger partial charge in [0.15, 0.2) is 9.84 Å². The molecule has 1 fully saturated rings. The van der Waals surface area contributed by atoms with Gasteiger partial charge in [-0.05, 0) is 13.8 Å². The second-order valence-corrected chi connectivity index (χ2v) is 7.77. The lowest BCUT2D eigenvalue weighted by atomic mass is 10.1. The van der Waals surface area contributed by atoms with Gasteiger partial charge >= 0.3 is 0 Å². The molecule has 16 heavy (non-hydrogen) atoms. The molecule has 0 spiro atoms. The summed E-state index contributed by atoms with van der Waals surface area (Å²) < 4.78 is 23.1. The molecule has 0 aromatic heterocycles. The lowest BCUT2D eigenvalue weighted by Gasteiger charge is -2.37. The van der Waals surface area contributed by atoms with Gasteiger partial charge in [0.05, 0.1) is 0 Å². The highest BCUT2D eigenvalue weighted by Crippen LogP contribution is 2.23. The molecule has 1 unspecified atom stereocenters. The normalized spacial score (nSPS) is 23.2. The minimum absolute atomic E-state index is 0.366. The van der Waals surface area contributed by atoms with Crippen molar-refractivity contribution in [3.63, 3.8) is 0 Å². The molecule has 5 nitrogen and oxygen atoms in total. The Kier molecular flexibility index (Phi) is 3.91. The van der Waals surface area contributed by atoms with Gasteiger partial charge in [0.1, 0.15) is 11.0 Å². The second-order valence-electron chi connectivity index (χ2n) is 4.42. The van der Waals surface area contributed by atoms with Gasteiger partial charge in [-0.15, -0.1) is 0 Å². The highest BCUT2D eigenvalue weighted by molar-refractivity contribution is 8.00. The van der Waals surface area contributed by atoms with E-state index in [-0.39, 0.29) is 0 Å². The first-order chi connectivity index (χ1) is 7.14. The molecule has 0 bridgehead atoms. The van der Waals surface area contributed by atoms with Crippen molar-refractivity contribution in [3.05, 3.63) is 0 Å². The van der Waals surface area contributed by atoms with Crippen LogP contribution in [0, 0.1) is 0 Å². The summed E-state index contributed by atoms with van der Waals surface area (Å²) in [5.41, 5.74) is -1.52. The van der Waals surface area contributed by atoms with Gasteiger partial charge in [0.2, 0.25) is 0 Å². The van der Waals surface area contributed by atoms with Crippen molar-refractivity contribution >= 4 is 27.5 Å². The number of nitrogens with zero attached hydrogens (tertiary/aromatic N) is 1. The van der Waals surface area contributed by atoms with Gasteiger partial charge in [-0.1, -0.05) is 0 Å². The molecule has 1 saturated heterocycles. The van der Waals surface area contributed by atoms with Gasteiger partial charge < -0.3 is 10.0 Å². The standard InChI is InChI=1S/C9H17NO4S2/c1-9(2,12)8(11)10-4-5-15-6-7(10)16(3,13)14/h7,12H,4-6H2,1-3H3. The minimum atomic E-state index is -3.31. The molecular weight excluding hydrogens is 250 g/mol. The first-order valence-electron chi connectivity index (χ1n) is 4.94. The Balaban J connectivity index is 2.96. The van der Waals surface area contributed by atoms with E-state index in [0.717, 1.165) is 6.26 Å². The molecule has 7 heteroatoms. The summed E-state index contributed by atoms with van der Waals surface area (Å²) in [6, 6.07) is 0. The Hall–Kier alpha value is -0.270. The van der Waals surface area contributed by atoms with Crippen LogP contribution in [0.15, 0.2) is 0 Å². The molecule has 1 amide bonds. The molecule has 0 aromatic carbocycles. The fraction of sp³-hybridized carbons (Fsp3) is 0.889. The van der Waals surface area contributed by atoms with Crippen molar-refractivity contribution in [1.82, 2.24) is 4.90 Å². The van der Waals surface area contributed by atoms with Crippen molar-refractivity contribution in [3.8, 4) is 0 Å². The zero-order chi connectivity index (χ0) is 12.6. The smallest absolute Gasteiger partial charge is 0.255 e. The number of rotatable bonds is 2. The third kappa shape index (κ3) is 3.11. The van der Waals surface area contributed by atoms with Crippen LogP contribution in [0.3, 0.4) is 0 Å². The van der Waals surface area contributed by atoms with Crippen LogP contribution in [-0.2, 0) is 14.6 Å².